The summed E-state index contributed by atoms with van der Waals surface area (Å²) >= 11 is 0. The quantitative estimate of drug-likeness (QED) is 0.366. The number of halogens is 4. The molecule has 170 valence electrons. The number of aromatic nitrogens is 3. The highest BCUT2D eigenvalue weighted by molar-refractivity contribution is 5.73. The number of rotatable bonds is 9. The van der Waals surface area contributed by atoms with Gasteiger partial charge >= 0.3 is 24.0 Å². The number of alkyl halides is 4. The number of hydrogen-bond donors (Lipinski definition) is 0. The summed E-state index contributed by atoms with van der Waals surface area (Å²) in [7, 11) is 0. The first-order valence-electron chi connectivity index (χ1n) is 9.45. The number of ether oxygens (including phenoxy) is 2. The fourth-order valence-corrected chi connectivity index (χ4v) is 2.65. The molecule has 11 heteroatoms. The Kier molecular flexibility index (Phi) is 6.96. The van der Waals surface area contributed by atoms with Gasteiger partial charge in [-0.15, -0.1) is 0 Å². The Morgan fingerprint density at radius 2 is 1.75 bits per heavy atom. The number of carbonyl (C=O) groups is 1. The third kappa shape index (κ3) is 5.34. The maximum Gasteiger partial charge on any atom is 0.351 e. The molecule has 0 aliphatic carbocycles. The number of benzene rings is 2. The summed E-state index contributed by atoms with van der Waals surface area (Å²) in [5.74, 6) is -5.00. The summed E-state index contributed by atoms with van der Waals surface area (Å²) < 4.78 is 62.3. The van der Waals surface area contributed by atoms with E-state index < -0.39 is 36.7 Å². The van der Waals surface area contributed by atoms with E-state index in [1.165, 1.54) is 37.5 Å². The Balaban J connectivity index is 1.66. The van der Waals surface area contributed by atoms with Crippen molar-refractivity contribution in [1.29, 1.82) is 0 Å². The van der Waals surface area contributed by atoms with Gasteiger partial charge in [-0.3, -0.25) is 0 Å². The number of esters is 1. The van der Waals surface area contributed by atoms with Crippen molar-refractivity contribution in [3.8, 4) is 11.4 Å². The van der Waals surface area contributed by atoms with Crippen LogP contribution in [0.5, 0.6) is 5.75 Å². The van der Waals surface area contributed by atoms with Crippen molar-refractivity contribution in [1.82, 2.24) is 14.3 Å². The van der Waals surface area contributed by atoms with Crippen molar-refractivity contribution in [3.05, 3.63) is 77.0 Å². The molecule has 32 heavy (non-hydrogen) atoms. The average Bonchev–Trinajstić information content (AvgIpc) is 3.17. The lowest BCUT2D eigenvalue weighted by Gasteiger charge is -2.16. The van der Waals surface area contributed by atoms with Crippen LogP contribution < -0.4 is 10.4 Å². The lowest BCUT2D eigenvalue weighted by atomic mass is 10.2. The first-order chi connectivity index (χ1) is 15.2. The topological polar surface area (TPSA) is 75.3 Å². The highest BCUT2D eigenvalue weighted by Crippen LogP contribution is 2.24. The predicted octanol–water partition coefficient (Wildman–Crippen LogP) is 3.62. The van der Waals surface area contributed by atoms with Gasteiger partial charge in [0, 0.05) is 0 Å². The second-order valence-corrected chi connectivity index (χ2v) is 6.84. The number of carbonyl (C=O) groups excluding carboxylic acids is 1. The van der Waals surface area contributed by atoms with Crippen LogP contribution >= 0.6 is 0 Å². The summed E-state index contributed by atoms with van der Waals surface area (Å²) in [5.41, 5.74) is 0.464. The van der Waals surface area contributed by atoms with E-state index in [4.69, 9.17) is 9.47 Å². The maximum atomic E-state index is 13.0. The van der Waals surface area contributed by atoms with Gasteiger partial charge in [-0.25, -0.2) is 22.9 Å². The van der Waals surface area contributed by atoms with Crippen LogP contribution in [-0.4, -0.2) is 39.3 Å². The van der Waals surface area contributed by atoms with Gasteiger partial charge in [0.1, 0.15) is 18.7 Å². The van der Waals surface area contributed by atoms with E-state index in [0.29, 0.717) is 5.69 Å². The number of nitrogens with zero attached hydrogens (tertiary/aromatic N) is 3. The standard InChI is InChI=1S/C21H19F4N3O4/c1-14(18(29)31-11-15-5-3-2-4-6-15)28-20(30)27(13-26-28)16-7-9-17(10-8-16)32-12-21(24,25)19(22)23/h2-10,13-14,19H,11-12H2,1H3/t14-/m1/s1. The normalized spacial score (nSPS) is 12.6. The monoisotopic (exact) mass is 453 g/mol. The molecule has 0 saturated carbocycles. The average molecular weight is 453 g/mol. The minimum absolute atomic E-state index is 0.0472. The second kappa shape index (κ2) is 9.67. The highest BCUT2D eigenvalue weighted by Gasteiger charge is 2.41. The highest BCUT2D eigenvalue weighted by atomic mass is 19.3. The van der Waals surface area contributed by atoms with Gasteiger partial charge in [0.25, 0.3) is 0 Å². The second-order valence-electron chi connectivity index (χ2n) is 6.84. The molecule has 3 rings (SSSR count). The molecule has 1 aromatic heterocycles. The van der Waals surface area contributed by atoms with Crippen LogP contribution in [0.4, 0.5) is 17.6 Å². The predicted molar refractivity (Wildman–Crippen MR) is 105 cm³/mol. The maximum absolute atomic E-state index is 13.0. The van der Waals surface area contributed by atoms with Gasteiger partial charge in [0.2, 0.25) is 0 Å². The van der Waals surface area contributed by atoms with E-state index in [2.05, 4.69) is 5.10 Å². The molecule has 0 aliphatic rings. The Hall–Kier alpha value is -3.63. The molecule has 0 fully saturated rings. The fraction of sp³-hybridized carbons (Fsp3) is 0.286. The SMILES string of the molecule is C[C@H](C(=O)OCc1ccccc1)n1ncn(-c2ccc(OCC(F)(F)C(F)F)cc2)c1=O. The zero-order valence-corrected chi connectivity index (χ0v) is 16.8. The summed E-state index contributed by atoms with van der Waals surface area (Å²) in [6.45, 7) is 0.0300. The van der Waals surface area contributed by atoms with Crippen molar-refractivity contribution in [2.75, 3.05) is 6.61 Å². The van der Waals surface area contributed by atoms with Crippen molar-refractivity contribution < 1.29 is 31.8 Å². The molecule has 0 saturated heterocycles. The summed E-state index contributed by atoms with van der Waals surface area (Å²) in [4.78, 5) is 24.9. The molecule has 1 heterocycles. The molecule has 0 bridgehead atoms. The molecule has 0 unspecified atom stereocenters. The first kappa shape index (κ1) is 23.0. The molecule has 3 aromatic rings. The Bertz CT molecular complexity index is 1100. The third-order valence-electron chi connectivity index (χ3n) is 4.49. The van der Waals surface area contributed by atoms with Crippen LogP contribution in [0.25, 0.3) is 5.69 Å². The lowest BCUT2D eigenvalue weighted by molar-refractivity contribution is -0.148. The van der Waals surface area contributed by atoms with Gasteiger partial charge in [-0.2, -0.15) is 18.6 Å². The van der Waals surface area contributed by atoms with E-state index in [1.807, 2.05) is 6.07 Å². The molecule has 0 spiro atoms. The van der Waals surface area contributed by atoms with Gasteiger partial charge < -0.3 is 9.47 Å². The molecular formula is C21H19F4N3O4. The molecule has 2 aromatic carbocycles. The zero-order valence-electron chi connectivity index (χ0n) is 16.8. The third-order valence-corrected chi connectivity index (χ3v) is 4.49. The van der Waals surface area contributed by atoms with Crippen LogP contribution in [0.1, 0.15) is 18.5 Å². The molecule has 0 aliphatic heterocycles. The van der Waals surface area contributed by atoms with Crippen LogP contribution in [0.2, 0.25) is 0 Å². The Morgan fingerprint density at radius 1 is 1.09 bits per heavy atom. The number of hydrogen-bond acceptors (Lipinski definition) is 5. The van der Waals surface area contributed by atoms with Crippen LogP contribution in [0, 0.1) is 0 Å². The minimum Gasteiger partial charge on any atom is -0.487 e. The molecule has 0 amide bonds. The Labute approximate surface area is 179 Å². The lowest BCUT2D eigenvalue weighted by Crippen LogP contribution is -2.33. The largest absolute Gasteiger partial charge is 0.487 e. The molecule has 7 nitrogen and oxygen atoms in total. The molecule has 1 atom stereocenters. The smallest absolute Gasteiger partial charge is 0.351 e. The zero-order chi connectivity index (χ0) is 23.3. The van der Waals surface area contributed by atoms with Crippen LogP contribution in [0.3, 0.4) is 0 Å². The van der Waals surface area contributed by atoms with Crippen LogP contribution in [-0.2, 0) is 16.1 Å². The van der Waals surface area contributed by atoms with E-state index in [1.54, 1.807) is 24.3 Å². The van der Waals surface area contributed by atoms with Crippen molar-refractivity contribution >= 4 is 5.97 Å². The van der Waals surface area contributed by atoms with Crippen molar-refractivity contribution in [3.63, 3.8) is 0 Å². The van der Waals surface area contributed by atoms with E-state index in [9.17, 15) is 27.2 Å². The van der Waals surface area contributed by atoms with Gasteiger partial charge in [-0.1, -0.05) is 30.3 Å². The van der Waals surface area contributed by atoms with Crippen LogP contribution in [0.15, 0.2) is 65.7 Å². The van der Waals surface area contributed by atoms with Crippen molar-refractivity contribution in [2.45, 2.75) is 31.9 Å². The molecule has 0 radical (unpaired) electrons. The summed E-state index contributed by atoms with van der Waals surface area (Å²) in [6.07, 6.45) is -2.66. The minimum atomic E-state index is -4.28. The first-order valence-corrected chi connectivity index (χ1v) is 9.45. The molecule has 0 N–H and O–H groups in total. The summed E-state index contributed by atoms with van der Waals surface area (Å²) in [5, 5.41) is 3.93. The Morgan fingerprint density at radius 3 is 2.38 bits per heavy atom. The van der Waals surface area contributed by atoms with Gasteiger partial charge in [0.05, 0.1) is 5.69 Å². The van der Waals surface area contributed by atoms with Gasteiger partial charge in [0.15, 0.2) is 12.6 Å². The van der Waals surface area contributed by atoms with Crippen molar-refractivity contribution in [2.24, 2.45) is 0 Å². The van der Waals surface area contributed by atoms with E-state index >= 15 is 0 Å². The van der Waals surface area contributed by atoms with E-state index in [-0.39, 0.29) is 12.4 Å². The van der Waals surface area contributed by atoms with Gasteiger partial charge in [-0.05, 0) is 36.8 Å². The summed E-state index contributed by atoms with van der Waals surface area (Å²) in [6, 6.07) is 13.3. The fourth-order valence-electron chi connectivity index (χ4n) is 2.65. The van der Waals surface area contributed by atoms with E-state index in [0.717, 1.165) is 14.8 Å². The molecular weight excluding hydrogens is 434 g/mol.